The molecule has 0 spiro atoms. The molecule has 1 N–H and O–H groups in total. The molecule has 3 aromatic rings. The molecule has 1 aliphatic rings. The number of nitrogens with zero attached hydrogens (tertiary/aromatic N) is 5. The molecule has 1 aromatic carbocycles. The van der Waals surface area contributed by atoms with E-state index in [4.69, 9.17) is 9.47 Å². The van der Waals surface area contributed by atoms with Crippen molar-refractivity contribution in [1.82, 2.24) is 14.5 Å². The molecule has 1 aliphatic carbocycles. The van der Waals surface area contributed by atoms with Crippen molar-refractivity contribution in [3.63, 3.8) is 0 Å². The summed E-state index contributed by atoms with van der Waals surface area (Å²) >= 11 is 0. The first kappa shape index (κ1) is 30.3. The van der Waals surface area contributed by atoms with E-state index in [2.05, 4.69) is 22.1 Å². The zero-order valence-electron chi connectivity index (χ0n) is 23.3. The van der Waals surface area contributed by atoms with Crippen LogP contribution in [0, 0.1) is 22.7 Å². The summed E-state index contributed by atoms with van der Waals surface area (Å²) in [6.07, 6.45) is 7.35. The Morgan fingerprint density at radius 2 is 2.00 bits per heavy atom. The van der Waals surface area contributed by atoms with Gasteiger partial charge in [-0.2, -0.15) is 15.5 Å². The molecule has 12 heteroatoms. The molecule has 1 unspecified atom stereocenters. The minimum atomic E-state index is -4.45. The molecular weight excluding hydrogens is 558 g/mol. The van der Waals surface area contributed by atoms with Gasteiger partial charge < -0.3 is 14.6 Å². The highest BCUT2D eigenvalue weighted by Gasteiger charge is 2.36. The van der Waals surface area contributed by atoms with Gasteiger partial charge in [-0.3, -0.25) is 14.3 Å². The van der Waals surface area contributed by atoms with Crippen molar-refractivity contribution >= 4 is 15.4 Å². The summed E-state index contributed by atoms with van der Waals surface area (Å²) in [5.41, 5.74) is 1.43. The fraction of sp³-hybridized carbons (Fsp3) is 0.300. The van der Waals surface area contributed by atoms with Crippen molar-refractivity contribution in [3.8, 4) is 18.0 Å². The lowest BCUT2D eigenvalue weighted by Gasteiger charge is -2.25. The highest BCUT2D eigenvalue weighted by Crippen LogP contribution is 2.31. The normalized spacial score (nSPS) is 15.6. The van der Waals surface area contributed by atoms with Crippen molar-refractivity contribution in [2.75, 3.05) is 13.7 Å². The van der Waals surface area contributed by atoms with Crippen LogP contribution in [0.25, 0.3) is 5.57 Å². The van der Waals surface area contributed by atoms with Crippen LogP contribution in [0.4, 0.5) is 0 Å². The highest BCUT2D eigenvalue weighted by molar-refractivity contribution is 7.92. The monoisotopic (exact) mass is 587 g/mol. The Morgan fingerprint density at radius 1 is 1.21 bits per heavy atom. The van der Waals surface area contributed by atoms with E-state index in [1.807, 2.05) is 0 Å². The second-order valence-electron chi connectivity index (χ2n) is 9.79. The smallest absolute Gasteiger partial charge is 0.277 e. The fourth-order valence-corrected chi connectivity index (χ4v) is 6.25. The molecule has 2 atom stereocenters. The second kappa shape index (κ2) is 12.9. The molecule has 0 fully saturated rings. The van der Waals surface area contributed by atoms with E-state index in [9.17, 15) is 28.8 Å². The molecular formula is C30H29N5O6S. The third-order valence-electron chi connectivity index (χ3n) is 6.71. The van der Waals surface area contributed by atoms with Gasteiger partial charge in [0.2, 0.25) is 5.88 Å². The minimum absolute atomic E-state index is 0.00218. The molecule has 42 heavy (non-hydrogen) atoms. The lowest BCUT2D eigenvalue weighted by atomic mass is 9.97. The molecule has 0 saturated carbocycles. The number of pyridine rings is 1. The van der Waals surface area contributed by atoms with Crippen LogP contribution >= 0.6 is 0 Å². The van der Waals surface area contributed by atoms with Gasteiger partial charge in [0.15, 0.2) is 14.7 Å². The summed E-state index contributed by atoms with van der Waals surface area (Å²) < 4.78 is 40.0. The van der Waals surface area contributed by atoms with Gasteiger partial charge in [-0.1, -0.05) is 30.4 Å². The van der Waals surface area contributed by atoms with Crippen LogP contribution in [0.5, 0.6) is 5.88 Å². The molecule has 0 radical (unpaired) electrons. The van der Waals surface area contributed by atoms with Crippen molar-refractivity contribution in [2.45, 2.75) is 49.2 Å². The van der Waals surface area contributed by atoms with E-state index in [1.165, 1.54) is 25.6 Å². The average Bonchev–Trinajstić information content (AvgIpc) is 2.99. The van der Waals surface area contributed by atoms with Gasteiger partial charge in [-0.05, 0) is 49.6 Å². The van der Waals surface area contributed by atoms with Crippen molar-refractivity contribution in [3.05, 3.63) is 99.4 Å². The Hall–Kier alpha value is -4.62. The molecule has 4 rings (SSSR count). The molecule has 216 valence electrons. The van der Waals surface area contributed by atoms with Crippen LogP contribution in [-0.4, -0.2) is 53.1 Å². The first-order valence-corrected chi connectivity index (χ1v) is 14.6. The van der Waals surface area contributed by atoms with Crippen LogP contribution in [-0.2, 0) is 25.9 Å². The van der Waals surface area contributed by atoms with E-state index in [1.54, 1.807) is 56.3 Å². The molecule has 0 aliphatic heterocycles. The standard InChI is InChI=1S/C30H29N5O6S/c1-19(2)41-18-27-34-29(36)28(30(37)35(27)26(17-40-3)22-6-4-5-20(13-22)14-31)42(38,39)24-9-7-21(8-10-24)25-11-12-33-16-23(25)15-32/h4-9,11-13,16,19,24,26,36H,10,17-18H2,1-3H3/t24?,26-/m0/s1. The van der Waals surface area contributed by atoms with E-state index in [-0.39, 0.29) is 31.6 Å². The first-order valence-electron chi connectivity index (χ1n) is 13.0. The number of rotatable bonds is 10. The van der Waals surface area contributed by atoms with E-state index >= 15 is 0 Å². The Balaban J connectivity index is 1.83. The quantitative estimate of drug-likeness (QED) is 0.371. The van der Waals surface area contributed by atoms with Crippen molar-refractivity contribution in [2.24, 2.45) is 0 Å². The van der Waals surface area contributed by atoms with Gasteiger partial charge >= 0.3 is 0 Å². The number of methoxy groups -OCH3 is 1. The Morgan fingerprint density at radius 3 is 2.64 bits per heavy atom. The summed E-state index contributed by atoms with van der Waals surface area (Å²) in [6, 6.07) is 11.4. The maximum atomic E-state index is 14.1. The van der Waals surface area contributed by atoms with Gasteiger partial charge in [-0.25, -0.2) is 8.42 Å². The number of nitriles is 2. The van der Waals surface area contributed by atoms with E-state index < -0.39 is 37.5 Å². The predicted octanol–water partition coefficient (Wildman–Crippen LogP) is 3.43. The first-order chi connectivity index (χ1) is 20.1. The van der Waals surface area contributed by atoms with Gasteiger partial charge in [0.25, 0.3) is 5.56 Å². The number of hydrogen-bond donors (Lipinski definition) is 1. The van der Waals surface area contributed by atoms with Crippen molar-refractivity contribution in [1.29, 1.82) is 10.5 Å². The Kier molecular flexibility index (Phi) is 9.33. The SMILES string of the molecule is COC[C@@H](c1cccc(C#N)c1)n1c(COC(C)C)nc(O)c(S(=O)(=O)C2C=CC(c3ccncc3C#N)=CC2)c1=O. The number of ether oxygens (including phenoxy) is 2. The third kappa shape index (κ3) is 6.16. The lowest BCUT2D eigenvalue weighted by molar-refractivity contribution is 0.0557. The van der Waals surface area contributed by atoms with E-state index in [0.717, 1.165) is 4.57 Å². The highest BCUT2D eigenvalue weighted by atomic mass is 32.2. The third-order valence-corrected chi connectivity index (χ3v) is 8.78. The lowest BCUT2D eigenvalue weighted by Crippen LogP contribution is -2.37. The Labute approximate surface area is 243 Å². The molecule has 11 nitrogen and oxygen atoms in total. The number of hydrogen-bond acceptors (Lipinski definition) is 10. The summed E-state index contributed by atoms with van der Waals surface area (Å²) in [7, 11) is -3.02. The van der Waals surface area contributed by atoms with Crippen LogP contribution in [0.3, 0.4) is 0 Å². The number of benzene rings is 1. The largest absolute Gasteiger partial charge is 0.492 e. The summed E-state index contributed by atoms with van der Waals surface area (Å²) in [5, 5.41) is 28.5. The number of aromatic nitrogens is 3. The van der Waals surface area contributed by atoms with E-state index in [0.29, 0.717) is 27.8 Å². The van der Waals surface area contributed by atoms with Gasteiger partial charge in [-0.15, -0.1) is 0 Å². The maximum Gasteiger partial charge on any atom is 0.277 e. The molecule has 2 heterocycles. The molecule has 0 amide bonds. The number of allylic oxidation sites excluding steroid dienone is 3. The van der Waals surface area contributed by atoms with Crippen LogP contribution in [0.15, 0.2) is 70.6 Å². The van der Waals surface area contributed by atoms with Crippen LogP contribution < -0.4 is 5.56 Å². The molecule has 0 saturated heterocycles. The van der Waals surface area contributed by atoms with Gasteiger partial charge in [0.05, 0.1) is 41.2 Å². The van der Waals surface area contributed by atoms with Crippen molar-refractivity contribution < 1.29 is 23.0 Å². The van der Waals surface area contributed by atoms with Gasteiger partial charge in [0, 0.05) is 25.1 Å². The predicted molar refractivity (Wildman–Crippen MR) is 153 cm³/mol. The average molecular weight is 588 g/mol. The zero-order valence-corrected chi connectivity index (χ0v) is 24.1. The maximum absolute atomic E-state index is 14.1. The van der Waals surface area contributed by atoms with Crippen LogP contribution in [0.2, 0.25) is 0 Å². The summed E-state index contributed by atoms with van der Waals surface area (Å²) in [5.74, 6) is -0.928. The molecule has 2 aromatic heterocycles. The number of aromatic hydroxyl groups is 1. The minimum Gasteiger partial charge on any atom is -0.492 e. The summed E-state index contributed by atoms with van der Waals surface area (Å²) in [4.78, 5) is 21.3. The summed E-state index contributed by atoms with van der Waals surface area (Å²) in [6.45, 7) is 3.32. The van der Waals surface area contributed by atoms with Gasteiger partial charge in [0.1, 0.15) is 18.5 Å². The van der Waals surface area contributed by atoms with Crippen LogP contribution in [0.1, 0.15) is 54.4 Å². The fourth-order valence-electron chi connectivity index (χ4n) is 4.67. The second-order valence-corrected chi connectivity index (χ2v) is 11.9. The zero-order chi connectivity index (χ0) is 30.4. The molecule has 0 bridgehead atoms. The number of sulfone groups is 1. The Bertz CT molecular complexity index is 1800. The topological polar surface area (TPSA) is 168 Å².